The van der Waals surface area contributed by atoms with Crippen LogP contribution in [0.25, 0.3) is 0 Å². The van der Waals surface area contributed by atoms with Crippen molar-refractivity contribution in [3.8, 4) is 0 Å². The lowest BCUT2D eigenvalue weighted by atomic mass is 10.2. The van der Waals surface area contributed by atoms with Crippen LogP contribution in [0.5, 0.6) is 0 Å². The normalized spacial score (nSPS) is 13.6. The molecule has 1 rings (SSSR count). The smallest absolute Gasteiger partial charge is 0.240 e. The van der Waals surface area contributed by atoms with Gasteiger partial charge in [-0.2, -0.15) is 0 Å². The van der Waals surface area contributed by atoms with Crippen LogP contribution in [0.4, 0.5) is 4.39 Å². The molecule has 0 aliphatic carbocycles. The van der Waals surface area contributed by atoms with Crippen molar-refractivity contribution >= 4 is 10.0 Å². The molecule has 0 aliphatic rings. The van der Waals surface area contributed by atoms with Crippen LogP contribution in [0.2, 0.25) is 0 Å². The highest BCUT2D eigenvalue weighted by Crippen LogP contribution is 2.10. The molecular formula is C10H14FNO4S. The number of rotatable bonds is 6. The van der Waals surface area contributed by atoms with E-state index in [4.69, 9.17) is 10.2 Å². The van der Waals surface area contributed by atoms with Crippen LogP contribution in [0.1, 0.15) is 6.42 Å². The Balaban J connectivity index is 2.84. The summed E-state index contributed by atoms with van der Waals surface area (Å²) in [5.74, 6) is -0.530. The molecule has 0 amide bonds. The highest BCUT2D eigenvalue weighted by Gasteiger charge is 2.19. The van der Waals surface area contributed by atoms with E-state index in [0.717, 1.165) is 24.3 Å². The Labute approximate surface area is 99.0 Å². The summed E-state index contributed by atoms with van der Waals surface area (Å²) in [4.78, 5) is -0.0877. The first-order chi connectivity index (χ1) is 7.99. The lowest BCUT2D eigenvalue weighted by molar-refractivity contribution is 0.213. The van der Waals surface area contributed by atoms with E-state index in [9.17, 15) is 12.8 Å². The summed E-state index contributed by atoms with van der Waals surface area (Å²) >= 11 is 0. The fourth-order valence-electron chi connectivity index (χ4n) is 1.24. The van der Waals surface area contributed by atoms with Gasteiger partial charge >= 0.3 is 0 Å². The van der Waals surface area contributed by atoms with Crippen molar-refractivity contribution < 1.29 is 23.0 Å². The Morgan fingerprint density at radius 1 is 1.24 bits per heavy atom. The van der Waals surface area contributed by atoms with Crippen LogP contribution in [-0.2, 0) is 10.0 Å². The van der Waals surface area contributed by atoms with Gasteiger partial charge in [0.1, 0.15) is 5.82 Å². The second-order valence-corrected chi connectivity index (χ2v) is 5.18. The number of hydrogen-bond acceptors (Lipinski definition) is 4. The van der Waals surface area contributed by atoms with Crippen molar-refractivity contribution in [2.45, 2.75) is 17.4 Å². The van der Waals surface area contributed by atoms with Crippen LogP contribution in [0, 0.1) is 5.82 Å². The monoisotopic (exact) mass is 263 g/mol. The Morgan fingerprint density at radius 2 is 1.82 bits per heavy atom. The molecule has 1 aromatic rings. The summed E-state index contributed by atoms with van der Waals surface area (Å²) in [5, 5.41) is 17.6. The fourth-order valence-corrected chi connectivity index (χ4v) is 2.51. The van der Waals surface area contributed by atoms with Crippen molar-refractivity contribution in [1.29, 1.82) is 0 Å². The van der Waals surface area contributed by atoms with Crippen molar-refractivity contribution in [3.63, 3.8) is 0 Å². The molecule has 0 unspecified atom stereocenters. The first-order valence-electron chi connectivity index (χ1n) is 4.99. The fraction of sp³-hybridized carbons (Fsp3) is 0.400. The topological polar surface area (TPSA) is 86.6 Å². The van der Waals surface area contributed by atoms with Crippen molar-refractivity contribution in [2.75, 3.05) is 13.2 Å². The predicted octanol–water partition coefficient (Wildman–Crippen LogP) is -0.153. The first kappa shape index (κ1) is 14.0. The molecule has 0 radical (unpaired) electrons. The number of nitrogens with one attached hydrogen (secondary N) is 1. The minimum Gasteiger partial charge on any atom is -0.396 e. The molecule has 1 aromatic carbocycles. The Morgan fingerprint density at radius 3 is 2.29 bits per heavy atom. The average Bonchev–Trinajstić information content (AvgIpc) is 2.28. The number of aliphatic hydroxyl groups is 2. The summed E-state index contributed by atoms with van der Waals surface area (Å²) in [6, 6.07) is 3.58. The molecule has 3 N–H and O–H groups in total. The van der Waals surface area contributed by atoms with E-state index in [-0.39, 0.29) is 17.9 Å². The van der Waals surface area contributed by atoms with E-state index in [0.29, 0.717) is 0 Å². The maximum Gasteiger partial charge on any atom is 0.240 e. The van der Waals surface area contributed by atoms with Gasteiger partial charge in [0.15, 0.2) is 0 Å². The molecule has 0 fully saturated rings. The Kier molecular flexibility index (Phi) is 5.01. The predicted molar refractivity (Wildman–Crippen MR) is 59.3 cm³/mol. The number of hydrogen-bond donors (Lipinski definition) is 3. The lowest BCUT2D eigenvalue weighted by Crippen LogP contribution is -2.38. The van der Waals surface area contributed by atoms with Crippen molar-refractivity contribution in [1.82, 2.24) is 4.72 Å². The minimum absolute atomic E-state index is 0.0877. The van der Waals surface area contributed by atoms with Gasteiger partial charge in [-0.3, -0.25) is 0 Å². The summed E-state index contributed by atoms with van der Waals surface area (Å²) in [6.45, 7) is -0.655. The molecule has 0 heterocycles. The van der Waals surface area contributed by atoms with Crippen LogP contribution in [-0.4, -0.2) is 37.9 Å². The zero-order valence-electron chi connectivity index (χ0n) is 9.01. The van der Waals surface area contributed by atoms with Gasteiger partial charge in [0, 0.05) is 12.6 Å². The summed E-state index contributed by atoms with van der Waals surface area (Å²) < 4.78 is 38.4. The number of benzene rings is 1. The molecular weight excluding hydrogens is 249 g/mol. The molecule has 7 heteroatoms. The standard InChI is InChI=1S/C10H14FNO4S/c11-8-1-3-10(4-2-8)17(15,16)12-9(7-14)5-6-13/h1-4,9,12-14H,5-7H2/t9-/m0/s1. The second kappa shape index (κ2) is 6.06. The maximum absolute atomic E-state index is 12.6. The molecule has 1 atom stereocenters. The zero-order chi connectivity index (χ0) is 12.9. The van der Waals surface area contributed by atoms with E-state index in [1.54, 1.807) is 0 Å². The van der Waals surface area contributed by atoms with E-state index in [2.05, 4.69) is 4.72 Å². The molecule has 0 saturated heterocycles. The van der Waals surface area contributed by atoms with Gasteiger partial charge in [0.2, 0.25) is 10.0 Å². The van der Waals surface area contributed by atoms with Crippen LogP contribution >= 0.6 is 0 Å². The molecule has 0 spiro atoms. The average molecular weight is 263 g/mol. The number of aliphatic hydroxyl groups excluding tert-OH is 2. The molecule has 0 aromatic heterocycles. The molecule has 0 bridgehead atoms. The molecule has 0 aliphatic heterocycles. The zero-order valence-corrected chi connectivity index (χ0v) is 9.82. The second-order valence-electron chi connectivity index (χ2n) is 3.47. The third-order valence-electron chi connectivity index (χ3n) is 2.14. The molecule has 17 heavy (non-hydrogen) atoms. The Bertz CT molecular complexity index is 446. The van der Waals surface area contributed by atoms with E-state index < -0.39 is 28.5 Å². The summed E-state index contributed by atoms with van der Waals surface area (Å²) in [7, 11) is -3.80. The van der Waals surface area contributed by atoms with Crippen LogP contribution in [0.15, 0.2) is 29.2 Å². The molecule has 0 saturated carbocycles. The first-order valence-corrected chi connectivity index (χ1v) is 6.47. The van der Waals surface area contributed by atoms with Gasteiger partial charge in [0.25, 0.3) is 0 Å². The maximum atomic E-state index is 12.6. The highest BCUT2D eigenvalue weighted by atomic mass is 32.2. The summed E-state index contributed by atoms with van der Waals surface area (Å²) in [5.41, 5.74) is 0. The third-order valence-corrected chi connectivity index (χ3v) is 3.68. The van der Waals surface area contributed by atoms with Gasteiger partial charge in [-0.15, -0.1) is 0 Å². The third kappa shape index (κ3) is 4.04. The van der Waals surface area contributed by atoms with Crippen molar-refractivity contribution in [3.05, 3.63) is 30.1 Å². The Hall–Kier alpha value is -1.02. The van der Waals surface area contributed by atoms with Gasteiger partial charge in [-0.05, 0) is 30.7 Å². The minimum atomic E-state index is -3.80. The largest absolute Gasteiger partial charge is 0.396 e. The van der Waals surface area contributed by atoms with E-state index >= 15 is 0 Å². The van der Waals surface area contributed by atoms with Gasteiger partial charge in [-0.25, -0.2) is 17.5 Å². The van der Waals surface area contributed by atoms with Gasteiger partial charge in [-0.1, -0.05) is 0 Å². The van der Waals surface area contributed by atoms with Crippen molar-refractivity contribution in [2.24, 2.45) is 0 Å². The SMILES string of the molecule is O=S(=O)(N[C@H](CO)CCO)c1ccc(F)cc1. The van der Waals surface area contributed by atoms with Crippen LogP contribution in [0.3, 0.4) is 0 Å². The van der Waals surface area contributed by atoms with E-state index in [1.165, 1.54) is 0 Å². The van der Waals surface area contributed by atoms with Crippen LogP contribution < -0.4 is 4.72 Å². The molecule has 5 nitrogen and oxygen atoms in total. The lowest BCUT2D eigenvalue weighted by Gasteiger charge is -2.15. The quantitative estimate of drug-likeness (QED) is 0.666. The molecule has 96 valence electrons. The number of halogens is 1. The number of sulfonamides is 1. The van der Waals surface area contributed by atoms with Gasteiger partial charge in [0.05, 0.1) is 11.5 Å². The summed E-state index contributed by atoms with van der Waals surface area (Å²) in [6.07, 6.45) is 0.108. The van der Waals surface area contributed by atoms with E-state index in [1.807, 2.05) is 0 Å². The highest BCUT2D eigenvalue weighted by molar-refractivity contribution is 7.89. The van der Waals surface area contributed by atoms with Gasteiger partial charge < -0.3 is 10.2 Å².